The summed E-state index contributed by atoms with van der Waals surface area (Å²) in [6.07, 6.45) is 5.14. The van der Waals surface area contributed by atoms with Crippen molar-refractivity contribution < 1.29 is 9.53 Å². The molecular weight excluding hydrogens is 204 g/mol. The van der Waals surface area contributed by atoms with Gasteiger partial charge in [0.05, 0.1) is 12.6 Å². The van der Waals surface area contributed by atoms with Crippen molar-refractivity contribution in [3.63, 3.8) is 0 Å². The summed E-state index contributed by atoms with van der Waals surface area (Å²) in [4.78, 5) is 13.5. The van der Waals surface area contributed by atoms with Gasteiger partial charge in [0.1, 0.15) is 0 Å². The van der Waals surface area contributed by atoms with Gasteiger partial charge in [0, 0.05) is 20.2 Å². The van der Waals surface area contributed by atoms with Crippen LogP contribution in [0.1, 0.15) is 25.7 Å². The van der Waals surface area contributed by atoms with Crippen LogP contribution in [0, 0.1) is 5.92 Å². The molecule has 4 heteroatoms. The van der Waals surface area contributed by atoms with Gasteiger partial charge in [-0.3, -0.25) is 4.79 Å². The van der Waals surface area contributed by atoms with Crippen molar-refractivity contribution in [3.8, 4) is 0 Å². The van der Waals surface area contributed by atoms with Crippen molar-refractivity contribution in [1.82, 2.24) is 10.2 Å². The number of carbonyl (C=O) groups excluding carboxylic acids is 1. The van der Waals surface area contributed by atoms with E-state index in [1.807, 2.05) is 7.05 Å². The molecule has 1 aliphatic carbocycles. The average molecular weight is 226 g/mol. The molecular formula is C12H22N2O2. The van der Waals surface area contributed by atoms with Crippen molar-refractivity contribution in [2.24, 2.45) is 5.92 Å². The van der Waals surface area contributed by atoms with Crippen LogP contribution in [0.2, 0.25) is 0 Å². The van der Waals surface area contributed by atoms with E-state index in [-0.39, 0.29) is 12.0 Å². The van der Waals surface area contributed by atoms with Crippen LogP contribution in [0.25, 0.3) is 0 Å². The van der Waals surface area contributed by atoms with Crippen LogP contribution in [0.15, 0.2) is 0 Å². The number of nitrogens with one attached hydrogen (secondary N) is 1. The Bertz CT molecular complexity index is 235. The molecule has 1 unspecified atom stereocenters. The van der Waals surface area contributed by atoms with Crippen molar-refractivity contribution in [1.29, 1.82) is 0 Å². The Balaban J connectivity index is 1.58. The molecule has 1 N–H and O–H groups in total. The Morgan fingerprint density at radius 3 is 2.88 bits per heavy atom. The molecule has 0 spiro atoms. The molecule has 4 nitrogen and oxygen atoms in total. The van der Waals surface area contributed by atoms with Crippen LogP contribution in [0.5, 0.6) is 0 Å². The lowest BCUT2D eigenvalue weighted by Gasteiger charge is -2.21. The van der Waals surface area contributed by atoms with Gasteiger partial charge in [-0.25, -0.2) is 0 Å². The number of rotatable bonds is 6. The highest BCUT2D eigenvalue weighted by Gasteiger charge is 2.22. The third kappa shape index (κ3) is 3.76. The molecule has 1 saturated carbocycles. The molecule has 1 aliphatic heterocycles. The van der Waals surface area contributed by atoms with E-state index in [9.17, 15) is 4.79 Å². The van der Waals surface area contributed by atoms with Gasteiger partial charge in [-0.2, -0.15) is 0 Å². The second-order valence-corrected chi connectivity index (χ2v) is 4.98. The molecule has 2 rings (SSSR count). The van der Waals surface area contributed by atoms with Crippen LogP contribution < -0.4 is 5.32 Å². The maximum atomic E-state index is 11.7. The third-order valence-corrected chi connectivity index (χ3v) is 3.33. The van der Waals surface area contributed by atoms with Gasteiger partial charge in [-0.15, -0.1) is 0 Å². The van der Waals surface area contributed by atoms with Gasteiger partial charge < -0.3 is 15.0 Å². The highest BCUT2D eigenvalue weighted by atomic mass is 16.5. The van der Waals surface area contributed by atoms with Gasteiger partial charge >= 0.3 is 0 Å². The van der Waals surface area contributed by atoms with Crippen LogP contribution in [0.3, 0.4) is 0 Å². The molecule has 1 amide bonds. The van der Waals surface area contributed by atoms with Crippen molar-refractivity contribution in [2.45, 2.75) is 31.8 Å². The Hall–Kier alpha value is -0.610. The summed E-state index contributed by atoms with van der Waals surface area (Å²) in [5.41, 5.74) is 0. The average Bonchev–Trinajstić information content (AvgIpc) is 2.95. The van der Waals surface area contributed by atoms with Crippen LogP contribution in [-0.4, -0.2) is 50.2 Å². The third-order valence-electron chi connectivity index (χ3n) is 3.33. The lowest BCUT2D eigenvalue weighted by molar-refractivity contribution is -0.130. The van der Waals surface area contributed by atoms with E-state index in [2.05, 4.69) is 5.32 Å². The van der Waals surface area contributed by atoms with Gasteiger partial charge in [0.15, 0.2) is 0 Å². The van der Waals surface area contributed by atoms with Crippen molar-refractivity contribution in [3.05, 3.63) is 0 Å². The summed E-state index contributed by atoms with van der Waals surface area (Å²) in [6.45, 7) is 3.07. The molecule has 0 bridgehead atoms. The molecule has 0 aromatic carbocycles. The molecule has 2 fully saturated rings. The second kappa shape index (κ2) is 5.64. The van der Waals surface area contributed by atoms with Crippen molar-refractivity contribution in [2.75, 3.05) is 33.3 Å². The first kappa shape index (κ1) is 11.9. The van der Waals surface area contributed by atoms with Gasteiger partial charge in [0.25, 0.3) is 0 Å². The Kier molecular flexibility index (Phi) is 4.18. The Labute approximate surface area is 97.3 Å². The predicted molar refractivity (Wildman–Crippen MR) is 62.2 cm³/mol. The minimum Gasteiger partial charge on any atom is -0.376 e. The number of hydrogen-bond donors (Lipinski definition) is 1. The molecule has 16 heavy (non-hydrogen) atoms. The Morgan fingerprint density at radius 1 is 1.44 bits per heavy atom. The first-order valence-electron chi connectivity index (χ1n) is 6.32. The van der Waals surface area contributed by atoms with E-state index in [0.29, 0.717) is 6.54 Å². The molecule has 1 saturated heterocycles. The quantitative estimate of drug-likeness (QED) is 0.722. The number of hydrogen-bond acceptors (Lipinski definition) is 3. The summed E-state index contributed by atoms with van der Waals surface area (Å²) < 4.78 is 5.51. The zero-order valence-electron chi connectivity index (χ0n) is 10.1. The zero-order chi connectivity index (χ0) is 11.4. The SMILES string of the molecule is CN(CC1CCCO1)C(=O)CNCC1CC1. The zero-order valence-corrected chi connectivity index (χ0v) is 10.1. The first-order valence-corrected chi connectivity index (χ1v) is 6.32. The van der Waals surface area contributed by atoms with E-state index in [0.717, 1.165) is 38.5 Å². The van der Waals surface area contributed by atoms with Crippen LogP contribution in [-0.2, 0) is 9.53 Å². The molecule has 0 aromatic rings. The molecule has 0 radical (unpaired) electrons. The minimum absolute atomic E-state index is 0.177. The smallest absolute Gasteiger partial charge is 0.236 e. The maximum absolute atomic E-state index is 11.7. The number of ether oxygens (including phenoxy) is 1. The maximum Gasteiger partial charge on any atom is 0.236 e. The van der Waals surface area contributed by atoms with E-state index in [1.165, 1.54) is 12.8 Å². The number of likely N-dealkylation sites (N-methyl/N-ethyl adjacent to an activating group) is 1. The van der Waals surface area contributed by atoms with E-state index < -0.39 is 0 Å². The first-order chi connectivity index (χ1) is 7.75. The van der Waals surface area contributed by atoms with E-state index >= 15 is 0 Å². The van der Waals surface area contributed by atoms with E-state index in [4.69, 9.17) is 4.74 Å². The fourth-order valence-corrected chi connectivity index (χ4v) is 2.04. The van der Waals surface area contributed by atoms with Gasteiger partial charge in [-0.1, -0.05) is 0 Å². The highest BCUT2D eigenvalue weighted by molar-refractivity contribution is 5.77. The van der Waals surface area contributed by atoms with Gasteiger partial charge in [-0.05, 0) is 38.1 Å². The summed E-state index contributed by atoms with van der Waals surface area (Å²) in [7, 11) is 1.86. The number of carbonyl (C=O) groups is 1. The van der Waals surface area contributed by atoms with Crippen LogP contribution in [0.4, 0.5) is 0 Å². The molecule has 1 atom stereocenters. The molecule has 0 aromatic heterocycles. The minimum atomic E-state index is 0.177. The fraction of sp³-hybridized carbons (Fsp3) is 0.917. The van der Waals surface area contributed by atoms with Crippen LogP contribution >= 0.6 is 0 Å². The lowest BCUT2D eigenvalue weighted by Crippen LogP contribution is -2.40. The Morgan fingerprint density at radius 2 is 2.25 bits per heavy atom. The fourth-order valence-electron chi connectivity index (χ4n) is 2.04. The molecule has 92 valence electrons. The summed E-state index contributed by atoms with van der Waals surface area (Å²) in [5.74, 6) is 1.01. The second-order valence-electron chi connectivity index (χ2n) is 4.98. The standard InChI is InChI=1S/C12H22N2O2/c1-14(9-11-3-2-6-16-11)12(15)8-13-7-10-4-5-10/h10-11,13H,2-9H2,1H3. The summed E-state index contributed by atoms with van der Waals surface area (Å²) >= 11 is 0. The predicted octanol–water partition coefficient (Wildman–Crippen LogP) is 0.623. The summed E-state index contributed by atoms with van der Waals surface area (Å²) in [5, 5.41) is 3.22. The summed E-state index contributed by atoms with van der Waals surface area (Å²) in [6, 6.07) is 0. The normalized spacial score (nSPS) is 24.7. The van der Waals surface area contributed by atoms with Crippen molar-refractivity contribution >= 4 is 5.91 Å². The highest BCUT2D eigenvalue weighted by Crippen LogP contribution is 2.27. The topological polar surface area (TPSA) is 41.6 Å². The number of nitrogens with zero attached hydrogens (tertiary/aromatic N) is 1. The lowest BCUT2D eigenvalue weighted by atomic mass is 10.2. The van der Waals surface area contributed by atoms with E-state index in [1.54, 1.807) is 4.90 Å². The van der Waals surface area contributed by atoms with Gasteiger partial charge in [0.2, 0.25) is 5.91 Å². The monoisotopic (exact) mass is 226 g/mol. The molecule has 2 aliphatic rings. The number of amides is 1. The largest absolute Gasteiger partial charge is 0.376 e. The molecule has 1 heterocycles.